The van der Waals surface area contributed by atoms with Gasteiger partial charge in [-0.2, -0.15) is 0 Å². The van der Waals surface area contributed by atoms with Crippen molar-refractivity contribution in [3.63, 3.8) is 0 Å². The second-order valence-electron chi connectivity index (χ2n) is 4.27. The van der Waals surface area contributed by atoms with Gasteiger partial charge in [0.25, 0.3) is 0 Å². The van der Waals surface area contributed by atoms with Crippen LogP contribution < -0.4 is 5.73 Å². The molecule has 2 aromatic rings. The second-order valence-corrected chi connectivity index (χ2v) is 4.27. The third kappa shape index (κ3) is 2.73. The van der Waals surface area contributed by atoms with E-state index in [2.05, 4.69) is 0 Å². The monoisotopic (exact) mass is 227 g/mol. The molecule has 2 nitrogen and oxygen atoms in total. The van der Waals surface area contributed by atoms with Gasteiger partial charge in [-0.25, -0.2) is 0 Å². The van der Waals surface area contributed by atoms with Crippen molar-refractivity contribution in [1.29, 1.82) is 0 Å². The zero-order chi connectivity index (χ0) is 12.3. The summed E-state index contributed by atoms with van der Waals surface area (Å²) in [6.07, 6.45) is -0.582. The molecule has 88 valence electrons. The lowest BCUT2D eigenvalue weighted by Crippen LogP contribution is -2.02. The highest BCUT2D eigenvalue weighted by atomic mass is 16.3. The van der Waals surface area contributed by atoms with E-state index in [9.17, 15) is 5.11 Å². The summed E-state index contributed by atoms with van der Waals surface area (Å²) in [6.45, 7) is 2.51. The highest BCUT2D eigenvalue weighted by Gasteiger charge is 2.10. The van der Waals surface area contributed by atoms with Crippen LogP contribution in [-0.4, -0.2) is 5.11 Å². The molecule has 0 spiro atoms. The van der Waals surface area contributed by atoms with Crippen LogP contribution in [0.5, 0.6) is 0 Å². The number of nitrogens with two attached hydrogens (primary N) is 1. The van der Waals surface area contributed by atoms with Gasteiger partial charge in [0, 0.05) is 6.54 Å². The Hall–Kier alpha value is -1.64. The van der Waals surface area contributed by atoms with E-state index in [1.165, 1.54) is 0 Å². The molecule has 3 N–H and O–H groups in total. The molecule has 0 aliphatic carbocycles. The van der Waals surface area contributed by atoms with E-state index in [1.807, 2.05) is 55.5 Å². The van der Waals surface area contributed by atoms with Crippen LogP contribution in [0.3, 0.4) is 0 Å². The first-order chi connectivity index (χ1) is 8.20. The summed E-state index contributed by atoms with van der Waals surface area (Å²) < 4.78 is 0. The number of hydrogen-bond donors (Lipinski definition) is 2. The average molecular weight is 227 g/mol. The lowest BCUT2D eigenvalue weighted by molar-refractivity contribution is 0.220. The number of hydrogen-bond acceptors (Lipinski definition) is 2. The Morgan fingerprint density at radius 1 is 1.06 bits per heavy atom. The van der Waals surface area contributed by atoms with Gasteiger partial charge < -0.3 is 10.8 Å². The lowest BCUT2D eigenvalue weighted by Gasteiger charge is -2.13. The Balaban J connectivity index is 2.33. The van der Waals surface area contributed by atoms with Gasteiger partial charge in [0.2, 0.25) is 0 Å². The third-order valence-corrected chi connectivity index (χ3v) is 2.86. The molecule has 1 unspecified atom stereocenters. The van der Waals surface area contributed by atoms with Crippen LogP contribution in [0.25, 0.3) is 0 Å². The summed E-state index contributed by atoms with van der Waals surface area (Å²) in [7, 11) is 0. The fraction of sp³-hybridized carbons (Fsp3) is 0.200. The summed E-state index contributed by atoms with van der Waals surface area (Å²) in [5.41, 5.74) is 9.59. The normalized spacial score (nSPS) is 12.4. The van der Waals surface area contributed by atoms with Crippen molar-refractivity contribution < 1.29 is 5.11 Å². The van der Waals surface area contributed by atoms with E-state index in [4.69, 9.17) is 5.73 Å². The quantitative estimate of drug-likeness (QED) is 0.846. The Labute approximate surface area is 102 Å². The first kappa shape index (κ1) is 11.8. The number of benzene rings is 2. The summed E-state index contributed by atoms with van der Waals surface area (Å²) in [5.74, 6) is 0. The van der Waals surface area contributed by atoms with Crippen molar-refractivity contribution in [3.05, 3.63) is 70.8 Å². The predicted molar refractivity (Wildman–Crippen MR) is 69.6 cm³/mol. The number of aryl methyl sites for hydroxylation is 1. The molecule has 0 bridgehead atoms. The van der Waals surface area contributed by atoms with Crippen molar-refractivity contribution in [2.75, 3.05) is 0 Å². The molecule has 1 atom stereocenters. The van der Waals surface area contributed by atoms with Crippen LogP contribution >= 0.6 is 0 Å². The molecule has 0 aromatic heterocycles. The van der Waals surface area contributed by atoms with Crippen LogP contribution in [0.1, 0.15) is 28.4 Å². The van der Waals surface area contributed by atoms with Gasteiger partial charge in [0.05, 0.1) is 0 Å². The van der Waals surface area contributed by atoms with Crippen molar-refractivity contribution in [2.45, 2.75) is 19.6 Å². The van der Waals surface area contributed by atoms with Crippen molar-refractivity contribution in [1.82, 2.24) is 0 Å². The van der Waals surface area contributed by atoms with Crippen LogP contribution in [0.2, 0.25) is 0 Å². The molecule has 2 heteroatoms. The van der Waals surface area contributed by atoms with E-state index in [1.54, 1.807) is 0 Å². The summed E-state index contributed by atoms with van der Waals surface area (Å²) in [6, 6.07) is 15.7. The average Bonchev–Trinajstić information content (AvgIpc) is 2.38. The van der Waals surface area contributed by atoms with Crippen molar-refractivity contribution in [2.24, 2.45) is 5.73 Å². The molecule has 2 rings (SSSR count). The first-order valence-electron chi connectivity index (χ1n) is 5.74. The summed E-state index contributed by atoms with van der Waals surface area (Å²) in [5, 5.41) is 10.3. The fourth-order valence-corrected chi connectivity index (χ4v) is 1.92. The minimum atomic E-state index is -0.582. The molecule has 0 amide bonds. The second kappa shape index (κ2) is 5.13. The molecule has 0 aliphatic rings. The number of aliphatic hydroxyl groups excluding tert-OH is 1. The maximum atomic E-state index is 10.3. The Morgan fingerprint density at radius 2 is 1.71 bits per heavy atom. The predicted octanol–water partition coefficient (Wildman–Crippen LogP) is 2.54. The summed E-state index contributed by atoms with van der Waals surface area (Å²) in [4.78, 5) is 0. The van der Waals surface area contributed by atoms with Crippen LogP contribution in [0.15, 0.2) is 48.5 Å². The molecular weight excluding hydrogens is 210 g/mol. The van der Waals surface area contributed by atoms with Crippen molar-refractivity contribution >= 4 is 0 Å². The first-order valence-corrected chi connectivity index (χ1v) is 5.74. The van der Waals surface area contributed by atoms with Gasteiger partial charge in [-0.3, -0.25) is 0 Å². The lowest BCUT2D eigenvalue weighted by atomic mass is 9.98. The smallest absolute Gasteiger partial charge is 0.104 e. The maximum Gasteiger partial charge on any atom is 0.104 e. The Morgan fingerprint density at radius 3 is 2.35 bits per heavy atom. The van der Waals surface area contributed by atoms with E-state index < -0.39 is 6.10 Å². The van der Waals surface area contributed by atoms with Crippen LogP contribution in [0, 0.1) is 6.92 Å². The molecule has 0 saturated heterocycles. The zero-order valence-corrected chi connectivity index (χ0v) is 9.93. The maximum absolute atomic E-state index is 10.3. The van der Waals surface area contributed by atoms with Gasteiger partial charge in [0.1, 0.15) is 6.10 Å². The molecule has 0 radical (unpaired) electrons. The van der Waals surface area contributed by atoms with Crippen LogP contribution in [-0.2, 0) is 6.54 Å². The largest absolute Gasteiger partial charge is 0.384 e. The number of rotatable bonds is 3. The molecule has 0 fully saturated rings. The molecule has 0 aliphatic heterocycles. The third-order valence-electron chi connectivity index (χ3n) is 2.86. The van der Waals surface area contributed by atoms with E-state index in [-0.39, 0.29) is 0 Å². The van der Waals surface area contributed by atoms with Crippen LogP contribution in [0.4, 0.5) is 0 Å². The number of aliphatic hydroxyl groups is 1. The van der Waals surface area contributed by atoms with Crippen molar-refractivity contribution in [3.8, 4) is 0 Å². The Kier molecular flexibility index (Phi) is 3.57. The van der Waals surface area contributed by atoms with E-state index in [0.29, 0.717) is 6.54 Å². The molecule has 17 heavy (non-hydrogen) atoms. The van der Waals surface area contributed by atoms with Gasteiger partial charge in [-0.05, 0) is 23.6 Å². The van der Waals surface area contributed by atoms with Gasteiger partial charge in [-0.1, -0.05) is 54.1 Å². The SMILES string of the molecule is Cc1cccc(C(O)c2cccc(CN)c2)c1. The molecule has 0 saturated carbocycles. The van der Waals surface area contributed by atoms with E-state index in [0.717, 1.165) is 22.3 Å². The highest BCUT2D eigenvalue weighted by molar-refractivity contribution is 5.34. The minimum absolute atomic E-state index is 0.494. The highest BCUT2D eigenvalue weighted by Crippen LogP contribution is 2.23. The standard InChI is InChI=1S/C15H17NO/c1-11-4-2-6-13(8-11)15(17)14-7-3-5-12(9-14)10-16/h2-9,15,17H,10,16H2,1H3. The topological polar surface area (TPSA) is 46.2 Å². The Bertz CT molecular complexity index is 508. The fourth-order valence-electron chi connectivity index (χ4n) is 1.92. The molecule has 2 aromatic carbocycles. The van der Waals surface area contributed by atoms with Gasteiger partial charge in [0.15, 0.2) is 0 Å². The summed E-state index contributed by atoms with van der Waals surface area (Å²) >= 11 is 0. The van der Waals surface area contributed by atoms with Gasteiger partial charge in [-0.15, -0.1) is 0 Å². The minimum Gasteiger partial charge on any atom is -0.384 e. The van der Waals surface area contributed by atoms with E-state index >= 15 is 0 Å². The molecule has 0 heterocycles. The molecular formula is C15H17NO. The van der Waals surface area contributed by atoms with Gasteiger partial charge >= 0.3 is 0 Å². The zero-order valence-electron chi connectivity index (χ0n) is 9.93.